The molecule has 0 unspecified atom stereocenters. The van der Waals surface area contributed by atoms with Crippen LogP contribution in [0.1, 0.15) is 33.6 Å². The van der Waals surface area contributed by atoms with Gasteiger partial charge in [-0.25, -0.2) is 9.78 Å². The van der Waals surface area contributed by atoms with Crippen LogP contribution in [0.5, 0.6) is 0 Å². The average molecular weight is 426 g/mol. The van der Waals surface area contributed by atoms with Crippen LogP contribution in [0.15, 0.2) is 39.8 Å². The first kappa shape index (κ1) is 20.9. The number of carbonyl (C=O) groups is 2. The molecule has 1 aliphatic rings. The molecule has 2 amide bonds. The molecule has 0 aliphatic carbocycles. The summed E-state index contributed by atoms with van der Waals surface area (Å²) >= 11 is 0. The number of fused-ring (bicyclic) bond motifs is 3. The van der Waals surface area contributed by atoms with E-state index in [-0.39, 0.29) is 29.6 Å². The van der Waals surface area contributed by atoms with Crippen molar-refractivity contribution < 1.29 is 18.7 Å². The van der Waals surface area contributed by atoms with Crippen LogP contribution in [0.25, 0.3) is 22.1 Å². The zero-order valence-electron chi connectivity index (χ0n) is 17.9. The molecule has 3 aromatic rings. The summed E-state index contributed by atoms with van der Waals surface area (Å²) in [5.74, 6) is -0.171. The first-order chi connectivity index (χ1) is 14.7. The highest BCUT2D eigenvalue weighted by Gasteiger charge is 2.26. The Hall–Kier alpha value is -3.36. The van der Waals surface area contributed by atoms with Gasteiger partial charge in [-0.15, -0.1) is 0 Å². The van der Waals surface area contributed by atoms with Gasteiger partial charge in [0.2, 0.25) is 11.5 Å². The number of amides is 2. The first-order valence-electron chi connectivity index (χ1n) is 10.4. The Balaban J connectivity index is 1.39. The van der Waals surface area contributed by atoms with Gasteiger partial charge >= 0.3 is 6.09 Å². The van der Waals surface area contributed by atoms with Crippen molar-refractivity contribution in [2.24, 2.45) is 0 Å². The molecule has 9 nitrogen and oxygen atoms in total. The fraction of sp³-hybridized carbons (Fsp3) is 0.455. The summed E-state index contributed by atoms with van der Waals surface area (Å²) in [7, 11) is 0. The topological polar surface area (TPSA) is 107 Å². The zero-order chi connectivity index (χ0) is 22.2. The minimum absolute atomic E-state index is 0.0461. The average Bonchev–Trinajstić information content (AvgIpc) is 3.08. The third-order valence-corrected chi connectivity index (χ3v) is 5.22. The summed E-state index contributed by atoms with van der Waals surface area (Å²) in [6.07, 6.45) is 2.19. The second-order valence-corrected chi connectivity index (χ2v) is 8.75. The number of alkyl carbamates (subject to hydrolysis) is 1. The van der Waals surface area contributed by atoms with Crippen LogP contribution < -0.4 is 10.9 Å². The predicted molar refractivity (Wildman–Crippen MR) is 115 cm³/mol. The number of ether oxygens (including phenoxy) is 1. The van der Waals surface area contributed by atoms with Gasteiger partial charge in [-0.1, -0.05) is 12.1 Å². The van der Waals surface area contributed by atoms with E-state index >= 15 is 0 Å². The minimum Gasteiger partial charge on any atom is -0.448 e. The van der Waals surface area contributed by atoms with Gasteiger partial charge in [0.1, 0.15) is 23.2 Å². The van der Waals surface area contributed by atoms with Crippen LogP contribution in [0.3, 0.4) is 0 Å². The SMILES string of the molecule is CC(C)(C)OC(=O)NC1CCN(C(=O)Cn2cnc3c(oc4ccccc43)c2=O)CC1. The molecule has 0 bridgehead atoms. The monoisotopic (exact) mass is 426 g/mol. The molecule has 9 heteroatoms. The minimum atomic E-state index is -0.553. The number of likely N-dealkylation sites (tertiary alicyclic amines) is 1. The van der Waals surface area contributed by atoms with Crippen molar-refractivity contribution in [1.82, 2.24) is 19.8 Å². The van der Waals surface area contributed by atoms with E-state index in [4.69, 9.17) is 9.15 Å². The van der Waals surface area contributed by atoms with E-state index in [2.05, 4.69) is 10.3 Å². The first-order valence-corrected chi connectivity index (χ1v) is 10.4. The van der Waals surface area contributed by atoms with E-state index in [0.717, 1.165) is 5.39 Å². The maximum absolute atomic E-state index is 12.8. The number of piperidine rings is 1. The fourth-order valence-electron chi connectivity index (χ4n) is 3.72. The van der Waals surface area contributed by atoms with Crippen LogP contribution in [-0.4, -0.2) is 51.2 Å². The van der Waals surface area contributed by atoms with E-state index in [1.54, 1.807) is 11.0 Å². The van der Waals surface area contributed by atoms with Gasteiger partial charge in [0, 0.05) is 24.5 Å². The Kier molecular flexibility index (Phi) is 5.43. The number of nitrogens with one attached hydrogen (secondary N) is 1. The summed E-state index contributed by atoms with van der Waals surface area (Å²) in [6.45, 7) is 6.32. The number of rotatable bonds is 3. The van der Waals surface area contributed by atoms with Crippen molar-refractivity contribution in [3.8, 4) is 0 Å². The molecule has 1 aromatic carbocycles. The lowest BCUT2D eigenvalue weighted by molar-refractivity contribution is -0.133. The summed E-state index contributed by atoms with van der Waals surface area (Å²) in [6, 6.07) is 7.26. The van der Waals surface area contributed by atoms with Gasteiger partial charge in [-0.05, 0) is 45.7 Å². The van der Waals surface area contributed by atoms with Gasteiger partial charge in [-0.3, -0.25) is 14.2 Å². The Morgan fingerprint density at radius 1 is 1.23 bits per heavy atom. The summed E-state index contributed by atoms with van der Waals surface area (Å²) in [4.78, 5) is 43.5. The number of carbonyl (C=O) groups excluding carboxylic acids is 2. The van der Waals surface area contributed by atoms with E-state index in [0.29, 0.717) is 37.0 Å². The van der Waals surface area contributed by atoms with Gasteiger partial charge < -0.3 is 19.4 Å². The van der Waals surface area contributed by atoms with Crippen molar-refractivity contribution in [2.75, 3.05) is 13.1 Å². The molecule has 0 spiro atoms. The third kappa shape index (κ3) is 4.55. The molecule has 0 saturated carbocycles. The van der Waals surface area contributed by atoms with Crippen LogP contribution in [0, 0.1) is 0 Å². The standard InChI is InChI=1S/C22H26N4O5/c1-22(2,3)31-21(29)24-14-8-10-25(11-9-14)17(27)12-26-13-23-18-15-6-4-5-7-16(15)30-19(18)20(26)28/h4-7,13-14H,8-12H2,1-3H3,(H,24,29). The van der Waals surface area contributed by atoms with Crippen molar-refractivity contribution in [1.29, 1.82) is 0 Å². The van der Waals surface area contributed by atoms with Crippen molar-refractivity contribution in [2.45, 2.75) is 51.8 Å². The van der Waals surface area contributed by atoms with Crippen molar-refractivity contribution in [3.63, 3.8) is 0 Å². The van der Waals surface area contributed by atoms with E-state index in [1.807, 2.05) is 39.0 Å². The highest BCUT2D eigenvalue weighted by Crippen LogP contribution is 2.24. The fourth-order valence-corrected chi connectivity index (χ4v) is 3.72. The van der Waals surface area contributed by atoms with Crippen LogP contribution in [0.4, 0.5) is 4.79 Å². The van der Waals surface area contributed by atoms with Crippen molar-refractivity contribution in [3.05, 3.63) is 40.9 Å². The van der Waals surface area contributed by atoms with Gasteiger partial charge in [-0.2, -0.15) is 0 Å². The number of benzene rings is 1. The van der Waals surface area contributed by atoms with Gasteiger partial charge in [0.15, 0.2) is 0 Å². The van der Waals surface area contributed by atoms with E-state index < -0.39 is 11.7 Å². The number of aromatic nitrogens is 2. The molecular formula is C22H26N4O5. The molecule has 4 rings (SSSR count). The second-order valence-electron chi connectivity index (χ2n) is 8.75. The summed E-state index contributed by atoms with van der Waals surface area (Å²) < 4.78 is 12.2. The second kappa shape index (κ2) is 8.05. The van der Waals surface area contributed by atoms with Crippen molar-refractivity contribution >= 4 is 34.1 Å². The summed E-state index contributed by atoms with van der Waals surface area (Å²) in [5.41, 5.74) is 0.306. The van der Waals surface area contributed by atoms with Gasteiger partial charge in [0.05, 0.1) is 6.33 Å². The Morgan fingerprint density at radius 3 is 2.65 bits per heavy atom. The lowest BCUT2D eigenvalue weighted by atomic mass is 10.1. The number of hydrogen-bond donors (Lipinski definition) is 1. The predicted octanol–water partition coefficient (Wildman–Crippen LogP) is 2.66. The maximum Gasteiger partial charge on any atom is 0.407 e. The van der Waals surface area contributed by atoms with Crippen LogP contribution in [-0.2, 0) is 16.1 Å². The molecule has 1 saturated heterocycles. The molecule has 3 heterocycles. The molecule has 31 heavy (non-hydrogen) atoms. The highest BCUT2D eigenvalue weighted by molar-refractivity contribution is 6.01. The molecule has 1 fully saturated rings. The highest BCUT2D eigenvalue weighted by atomic mass is 16.6. The maximum atomic E-state index is 12.8. The molecule has 164 valence electrons. The molecular weight excluding hydrogens is 400 g/mol. The Labute approximate surface area is 179 Å². The van der Waals surface area contributed by atoms with Gasteiger partial charge in [0.25, 0.3) is 5.56 Å². The number of nitrogens with zero attached hydrogens (tertiary/aromatic N) is 3. The van der Waals surface area contributed by atoms with Crippen LogP contribution >= 0.6 is 0 Å². The third-order valence-electron chi connectivity index (χ3n) is 5.22. The molecule has 1 N–H and O–H groups in total. The van der Waals surface area contributed by atoms with Crippen LogP contribution in [0.2, 0.25) is 0 Å². The summed E-state index contributed by atoms with van der Waals surface area (Å²) in [5, 5.41) is 3.62. The Morgan fingerprint density at radius 2 is 1.94 bits per heavy atom. The molecule has 0 atom stereocenters. The molecule has 1 aliphatic heterocycles. The largest absolute Gasteiger partial charge is 0.448 e. The quantitative estimate of drug-likeness (QED) is 0.690. The lowest BCUT2D eigenvalue weighted by Gasteiger charge is -2.33. The zero-order valence-corrected chi connectivity index (χ0v) is 17.9. The number of hydrogen-bond acceptors (Lipinski definition) is 6. The number of para-hydroxylation sites is 1. The van der Waals surface area contributed by atoms with E-state index in [1.165, 1.54) is 10.9 Å². The lowest BCUT2D eigenvalue weighted by Crippen LogP contribution is -2.48. The van der Waals surface area contributed by atoms with E-state index in [9.17, 15) is 14.4 Å². The Bertz CT molecular complexity index is 1180. The molecule has 2 aromatic heterocycles. The molecule has 0 radical (unpaired) electrons. The number of furan rings is 1. The normalized spacial score (nSPS) is 15.4. The smallest absolute Gasteiger partial charge is 0.407 e.